The van der Waals surface area contributed by atoms with Crippen LogP contribution >= 0.6 is 11.6 Å². The number of hydrogen-bond donors (Lipinski definition) is 3. The number of hydrogen-bond acceptors (Lipinski definition) is 2. The van der Waals surface area contributed by atoms with Crippen LogP contribution < -0.4 is 15.5 Å². The maximum absolute atomic E-state index is 11.9. The third-order valence-corrected chi connectivity index (χ3v) is 2.92. The number of rotatable bonds is 5. The van der Waals surface area contributed by atoms with Gasteiger partial charge in [-0.1, -0.05) is 23.7 Å². The van der Waals surface area contributed by atoms with Gasteiger partial charge in [-0.15, -0.1) is 0 Å². The van der Waals surface area contributed by atoms with E-state index >= 15 is 0 Å². The Balaban J connectivity index is 2.44. The zero-order valence-corrected chi connectivity index (χ0v) is 13.7. The van der Waals surface area contributed by atoms with Crippen molar-refractivity contribution in [2.45, 2.75) is 26.3 Å². The summed E-state index contributed by atoms with van der Waals surface area (Å²) < 4.78 is 0. The lowest BCUT2D eigenvalue weighted by Gasteiger charge is -2.21. The first-order chi connectivity index (χ1) is 9.67. The molecule has 0 saturated heterocycles. The highest BCUT2D eigenvalue weighted by molar-refractivity contribution is 6.33. The predicted molar refractivity (Wildman–Crippen MR) is 84.6 cm³/mol. The highest BCUT2D eigenvalue weighted by atomic mass is 35.5. The summed E-state index contributed by atoms with van der Waals surface area (Å²) in [4.78, 5) is 24.5. The van der Waals surface area contributed by atoms with Gasteiger partial charge in [-0.3, -0.25) is 9.59 Å². The summed E-state index contributed by atoms with van der Waals surface area (Å²) in [6.07, 6.45) is 0. The zero-order chi connectivity index (χ0) is 16.0. The number of halogens is 1. The lowest BCUT2D eigenvalue weighted by molar-refractivity contribution is -0.862. The second-order valence-corrected chi connectivity index (χ2v) is 6.54. The SMILES string of the molecule is C[NH+](CC(=O)Nc1ccccc1Cl)CC(=O)NC(C)(C)C. The Morgan fingerprint density at radius 3 is 2.29 bits per heavy atom. The summed E-state index contributed by atoms with van der Waals surface area (Å²) >= 11 is 5.98. The maximum atomic E-state index is 11.9. The standard InChI is InChI=1S/C15H22ClN3O2/c1-15(2,3)18-14(21)10-19(4)9-13(20)17-12-8-6-5-7-11(12)16/h5-8H,9-10H2,1-4H3,(H,17,20)(H,18,21)/p+1. The Morgan fingerprint density at radius 1 is 1.14 bits per heavy atom. The number of carbonyl (C=O) groups excluding carboxylic acids is 2. The molecule has 1 aromatic carbocycles. The number of quaternary nitrogens is 1. The van der Waals surface area contributed by atoms with E-state index in [-0.39, 0.29) is 30.4 Å². The maximum Gasteiger partial charge on any atom is 0.279 e. The molecule has 0 spiro atoms. The van der Waals surface area contributed by atoms with Crippen LogP contribution in [-0.4, -0.2) is 37.5 Å². The number of amides is 2. The molecule has 1 rings (SSSR count). The normalized spacial score (nSPS) is 12.6. The van der Waals surface area contributed by atoms with E-state index in [4.69, 9.17) is 11.6 Å². The smallest absolute Gasteiger partial charge is 0.279 e. The molecule has 1 atom stereocenters. The number of nitrogens with one attached hydrogen (secondary N) is 3. The van der Waals surface area contributed by atoms with Crippen LogP contribution in [0.1, 0.15) is 20.8 Å². The fourth-order valence-corrected chi connectivity index (χ4v) is 2.01. The zero-order valence-electron chi connectivity index (χ0n) is 12.9. The first-order valence-corrected chi connectivity index (χ1v) is 7.22. The van der Waals surface area contributed by atoms with Crippen LogP contribution in [0.25, 0.3) is 0 Å². The monoisotopic (exact) mass is 312 g/mol. The molecule has 0 bridgehead atoms. The van der Waals surface area contributed by atoms with Crippen LogP contribution in [0.3, 0.4) is 0 Å². The lowest BCUT2D eigenvalue weighted by Crippen LogP contribution is -3.11. The second-order valence-electron chi connectivity index (χ2n) is 6.14. The number of likely N-dealkylation sites (N-methyl/N-ethyl adjacent to an activating group) is 1. The number of carbonyl (C=O) groups is 2. The Bertz CT molecular complexity index is 512. The van der Waals surface area contributed by atoms with Gasteiger partial charge in [-0.2, -0.15) is 0 Å². The highest BCUT2D eigenvalue weighted by Gasteiger charge is 2.19. The molecule has 0 radical (unpaired) electrons. The van der Waals surface area contributed by atoms with E-state index in [1.165, 1.54) is 0 Å². The minimum absolute atomic E-state index is 0.0782. The van der Waals surface area contributed by atoms with Gasteiger partial charge < -0.3 is 15.5 Å². The topological polar surface area (TPSA) is 62.6 Å². The fourth-order valence-electron chi connectivity index (χ4n) is 1.83. The molecular weight excluding hydrogens is 290 g/mol. The van der Waals surface area contributed by atoms with Crippen LogP contribution in [-0.2, 0) is 9.59 Å². The average molecular weight is 313 g/mol. The van der Waals surface area contributed by atoms with Crippen molar-refractivity contribution in [3.63, 3.8) is 0 Å². The van der Waals surface area contributed by atoms with Crippen LogP contribution in [0, 0.1) is 0 Å². The Morgan fingerprint density at radius 2 is 1.71 bits per heavy atom. The van der Waals surface area contributed by atoms with Crippen LogP contribution in [0.5, 0.6) is 0 Å². The number of para-hydroxylation sites is 1. The number of anilines is 1. The molecule has 21 heavy (non-hydrogen) atoms. The summed E-state index contributed by atoms with van der Waals surface area (Å²) in [5.74, 6) is -0.255. The molecule has 0 saturated carbocycles. The van der Waals surface area contributed by atoms with Gasteiger partial charge in [0.2, 0.25) is 0 Å². The van der Waals surface area contributed by atoms with Crippen molar-refractivity contribution in [3.8, 4) is 0 Å². The summed E-state index contributed by atoms with van der Waals surface area (Å²) in [7, 11) is 1.80. The summed E-state index contributed by atoms with van der Waals surface area (Å²) in [5.41, 5.74) is 0.313. The molecular formula is C15H23ClN3O2+. The van der Waals surface area contributed by atoms with Crippen LogP contribution in [0.15, 0.2) is 24.3 Å². The molecule has 0 aliphatic heterocycles. The average Bonchev–Trinajstić information content (AvgIpc) is 2.28. The highest BCUT2D eigenvalue weighted by Crippen LogP contribution is 2.19. The number of benzene rings is 1. The van der Waals surface area contributed by atoms with Gasteiger partial charge in [-0.05, 0) is 32.9 Å². The van der Waals surface area contributed by atoms with Crippen LogP contribution in [0.2, 0.25) is 5.02 Å². The van der Waals surface area contributed by atoms with Gasteiger partial charge in [0.1, 0.15) is 0 Å². The van der Waals surface area contributed by atoms with Crippen LogP contribution in [0.4, 0.5) is 5.69 Å². The Kier molecular flexibility index (Phi) is 6.18. The minimum Gasteiger partial charge on any atom is -0.347 e. The van der Waals surface area contributed by atoms with Crippen molar-refractivity contribution in [3.05, 3.63) is 29.3 Å². The lowest BCUT2D eigenvalue weighted by atomic mass is 10.1. The van der Waals surface area contributed by atoms with Crippen molar-refractivity contribution in [1.29, 1.82) is 0 Å². The van der Waals surface area contributed by atoms with Crippen molar-refractivity contribution < 1.29 is 14.5 Å². The van der Waals surface area contributed by atoms with Crippen molar-refractivity contribution in [1.82, 2.24) is 5.32 Å². The molecule has 116 valence electrons. The van der Waals surface area contributed by atoms with Gasteiger partial charge in [0.15, 0.2) is 13.1 Å². The summed E-state index contributed by atoms with van der Waals surface area (Å²) in [5, 5.41) is 6.10. The van der Waals surface area contributed by atoms with E-state index in [1.807, 2.05) is 20.8 Å². The van der Waals surface area contributed by atoms with Crippen molar-refractivity contribution in [2.24, 2.45) is 0 Å². The Hall–Kier alpha value is -1.59. The Labute approximate surface area is 130 Å². The van der Waals surface area contributed by atoms with E-state index in [0.29, 0.717) is 10.7 Å². The fraction of sp³-hybridized carbons (Fsp3) is 0.467. The molecule has 1 unspecified atom stereocenters. The molecule has 0 fully saturated rings. The van der Waals surface area contributed by atoms with Crippen molar-refractivity contribution >= 4 is 29.1 Å². The van der Waals surface area contributed by atoms with Gasteiger partial charge in [0.05, 0.1) is 17.8 Å². The molecule has 6 heteroatoms. The quantitative estimate of drug-likeness (QED) is 0.750. The third-order valence-electron chi connectivity index (χ3n) is 2.59. The van der Waals surface area contributed by atoms with E-state index in [2.05, 4.69) is 10.6 Å². The molecule has 1 aromatic rings. The largest absolute Gasteiger partial charge is 0.347 e. The molecule has 0 heterocycles. The first-order valence-electron chi connectivity index (χ1n) is 6.84. The summed E-state index contributed by atoms with van der Waals surface area (Å²) in [6, 6.07) is 7.05. The van der Waals surface area contributed by atoms with E-state index in [0.717, 1.165) is 4.90 Å². The molecule has 0 aliphatic carbocycles. The molecule has 3 N–H and O–H groups in total. The van der Waals surface area contributed by atoms with Gasteiger partial charge in [0.25, 0.3) is 11.8 Å². The van der Waals surface area contributed by atoms with Gasteiger partial charge in [-0.25, -0.2) is 0 Å². The van der Waals surface area contributed by atoms with Gasteiger partial charge in [0, 0.05) is 5.54 Å². The molecule has 5 nitrogen and oxygen atoms in total. The third kappa shape index (κ3) is 7.11. The van der Waals surface area contributed by atoms with E-state index in [1.54, 1.807) is 31.3 Å². The molecule has 0 aliphatic rings. The van der Waals surface area contributed by atoms with Gasteiger partial charge >= 0.3 is 0 Å². The predicted octanol–water partition coefficient (Wildman–Crippen LogP) is 0.708. The van der Waals surface area contributed by atoms with E-state index < -0.39 is 0 Å². The summed E-state index contributed by atoms with van der Waals surface area (Å²) in [6.45, 7) is 6.20. The second kappa shape index (κ2) is 7.43. The van der Waals surface area contributed by atoms with Crippen molar-refractivity contribution in [2.75, 3.05) is 25.5 Å². The minimum atomic E-state index is -0.267. The van der Waals surface area contributed by atoms with E-state index in [9.17, 15) is 9.59 Å². The molecule has 0 aromatic heterocycles. The molecule has 2 amide bonds. The first kappa shape index (κ1) is 17.5.